The summed E-state index contributed by atoms with van der Waals surface area (Å²) in [5.41, 5.74) is -0.575. The fourth-order valence-electron chi connectivity index (χ4n) is 1.22. The molecule has 0 fully saturated rings. The Kier molecular flexibility index (Phi) is 4.54. The summed E-state index contributed by atoms with van der Waals surface area (Å²) in [5.74, 6) is -0.728. The molecule has 0 aliphatic heterocycles. The lowest BCUT2D eigenvalue weighted by Gasteiger charge is -2.23. The molecule has 0 spiro atoms. The van der Waals surface area contributed by atoms with E-state index in [1.807, 2.05) is 0 Å². The van der Waals surface area contributed by atoms with Crippen LogP contribution in [0.1, 0.15) is 24.2 Å². The van der Waals surface area contributed by atoms with Crippen molar-refractivity contribution < 1.29 is 9.59 Å². The normalized spacial score (nSPS) is 11.1. The van der Waals surface area contributed by atoms with Gasteiger partial charge in [0.05, 0.1) is 11.4 Å². The van der Waals surface area contributed by atoms with Gasteiger partial charge < -0.3 is 5.32 Å². The van der Waals surface area contributed by atoms with Gasteiger partial charge in [-0.25, -0.2) is 0 Å². The number of hydrogen-bond donors (Lipinski definition) is 1. The predicted molar refractivity (Wildman–Crippen MR) is 68.7 cm³/mol. The van der Waals surface area contributed by atoms with E-state index in [4.69, 9.17) is 23.2 Å². The maximum Gasteiger partial charge on any atom is 0.252 e. The first kappa shape index (κ1) is 14.0. The highest BCUT2D eigenvalue weighted by atomic mass is 35.5. The third-order valence-corrected chi connectivity index (χ3v) is 2.81. The Balaban J connectivity index is 2.83. The van der Waals surface area contributed by atoms with Crippen LogP contribution in [0.4, 0.5) is 0 Å². The van der Waals surface area contributed by atoms with E-state index < -0.39 is 5.54 Å². The van der Waals surface area contributed by atoms with Crippen molar-refractivity contribution in [3.8, 4) is 0 Å². The molecule has 1 rings (SSSR count). The van der Waals surface area contributed by atoms with Crippen LogP contribution in [0.3, 0.4) is 0 Å². The Morgan fingerprint density at radius 2 is 2.00 bits per heavy atom. The molecule has 0 bridgehead atoms. The molecule has 0 saturated heterocycles. The second-order valence-electron chi connectivity index (χ2n) is 4.15. The summed E-state index contributed by atoms with van der Waals surface area (Å²) in [5, 5.41) is 3.09. The lowest BCUT2D eigenvalue weighted by atomic mass is 9.99. The summed E-state index contributed by atoms with van der Waals surface area (Å²) in [6.45, 7) is 3.22. The lowest BCUT2D eigenvalue weighted by Crippen LogP contribution is -2.50. The molecular weight excluding hydrogens is 261 g/mol. The van der Waals surface area contributed by atoms with Crippen LogP contribution in [0.25, 0.3) is 0 Å². The number of carbonyl (C=O) groups excluding carboxylic acids is 2. The second kappa shape index (κ2) is 5.52. The van der Waals surface area contributed by atoms with E-state index in [2.05, 4.69) is 5.32 Å². The third-order valence-electron chi connectivity index (χ3n) is 2.33. The Hall–Kier alpha value is -1.06. The maximum atomic E-state index is 11.9. The number of rotatable bonds is 4. The van der Waals surface area contributed by atoms with Crippen LogP contribution >= 0.6 is 23.2 Å². The van der Waals surface area contributed by atoms with Gasteiger partial charge in [0.15, 0.2) is 5.78 Å². The van der Waals surface area contributed by atoms with Gasteiger partial charge in [-0.15, -0.1) is 11.6 Å². The van der Waals surface area contributed by atoms with Crippen LogP contribution in [0.5, 0.6) is 0 Å². The summed E-state index contributed by atoms with van der Waals surface area (Å²) in [7, 11) is 0. The molecule has 1 amide bonds. The summed E-state index contributed by atoms with van der Waals surface area (Å²) in [6, 6.07) is 6.52. The highest BCUT2D eigenvalue weighted by molar-refractivity contribution is 6.31. The molecule has 1 aromatic rings. The van der Waals surface area contributed by atoms with E-state index in [-0.39, 0.29) is 17.6 Å². The summed E-state index contributed by atoms with van der Waals surface area (Å²) in [6.07, 6.45) is 0. The molecule has 0 saturated carbocycles. The van der Waals surface area contributed by atoms with Crippen LogP contribution in [-0.4, -0.2) is 23.1 Å². The molecule has 0 aliphatic rings. The van der Waals surface area contributed by atoms with Crippen molar-refractivity contribution in [3.63, 3.8) is 0 Å². The molecule has 0 aromatic heterocycles. The Bertz CT molecular complexity index is 444. The number of nitrogens with one attached hydrogen (secondary N) is 1. The molecule has 0 aliphatic carbocycles. The number of carbonyl (C=O) groups is 2. The van der Waals surface area contributed by atoms with E-state index in [1.165, 1.54) is 6.07 Å². The highest BCUT2D eigenvalue weighted by Gasteiger charge is 2.28. The van der Waals surface area contributed by atoms with Crippen molar-refractivity contribution in [3.05, 3.63) is 34.9 Å². The Labute approximate surface area is 110 Å². The molecule has 0 atom stereocenters. The van der Waals surface area contributed by atoms with Crippen molar-refractivity contribution in [2.75, 3.05) is 5.88 Å². The van der Waals surface area contributed by atoms with Crippen molar-refractivity contribution in [2.24, 2.45) is 0 Å². The average Bonchev–Trinajstić information content (AvgIpc) is 2.27. The topological polar surface area (TPSA) is 46.2 Å². The predicted octanol–water partition coefficient (Wildman–Crippen LogP) is 2.66. The van der Waals surface area contributed by atoms with E-state index >= 15 is 0 Å². The van der Waals surface area contributed by atoms with Crippen molar-refractivity contribution >= 4 is 34.9 Å². The Morgan fingerprint density at radius 3 is 2.53 bits per heavy atom. The smallest absolute Gasteiger partial charge is 0.252 e. The first-order chi connectivity index (χ1) is 7.86. The second-order valence-corrected chi connectivity index (χ2v) is 4.85. The molecule has 17 heavy (non-hydrogen) atoms. The minimum absolute atomic E-state index is 0.136. The number of ketones is 1. The molecule has 0 unspecified atom stereocenters. The maximum absolute atomic E-state index is 11.9. The standard InChI is InChI=1S/C12H13Cl2NO2/c1-12(2,10(16)7-13)15-11(17)8-4-3-5-9(14)6-8/h3-6H,7H2,1-2H3,(H,15,17). The molecule has 1 N–H and O–H groups in total. The largest absolute Gasteiger partial charge is 0.340 e. The number of Topliss-reactive ketones (excluding diaryl/α,β-unsaturated/α-hetero) is 1. The van der Waals surface area contributed by atoms with Gasteiger partial charge in [-0.3, -0.25) is 9.59 Å². The molecule has 5 heteroatoms. The molecule has 92 valence electrons. The molecular formula is C12H13Cl2NO2. The van der Waals surface area contributed by atoms with Crippen LogP contribution in [0, 0.1) is 0 Å². The van der Waals surface area contributed by atoms with Crippen LogP contribution < -0.4 is 5.32 Å². The first-order valence-electron chi connectivity index (χ1n) is 5.04. The zero-order chi connectivity index (χ0) is 13.1. The van der Waals surface area contributed by atoms with Crippen LogP contribution in [0.15, 0.2) is 24.3 Å². The van der Waals surface area contributed by atoms with Crippen LogP contribution in [-0.2, 0) is 4.79 Å². The van der Waals surface area contributed by atoms with Crippen molar-refractivity contribution in [2.45, 2.75) is 19.4 Å². The minimum Gasteiger partial charge on any atom is -0.340 e. The molecule has 3 nitrogen and oxygen atoms in total. The summed E-state index contributed by atoms with van der Waals surface area (Å²) >= 11 is 11.3. The quantitative estimate of drug-likeness (QED) is 0.858. The van der Waals surface area contributed by atoms with Crippen molar-refractivity contribution in [1.29, 1.82) is 0 Å². The first-order valence-corrected chi connectivity index (χ1v) is 5.95. The van der Waals surface area contributed by atoms with Crippen molar-refractivity contribution in [1.82, 2.24) is 5.32 Å². The van der Waals surface area contributed by atoms with Gasteiger partial charge in [0, 0.05) is 10.6 Å². The SMILES string of the molecule is CC(C)(NC(=O)c1cccc(Cl)c1)C(=O)CCl. The zero-order valence-electron chi connectivity index (χ0n) is 9.59. The lowest BCUT2D eigenvalue weighted by molar-refractivity contribution is -0.121. The van der Waals surface area contributed by atoms with Gasteiger partial charge in [0.1, 0.15) is 0 Å². The number of hydrogen-bond acceptors (Lipinski definition) is 2. The van der Waals surface area contributed by atoms with E-state index in [9.17, 15) is 9.59 Å². The van der Waals surface area contributed by atoms with Gasteiger partial charge in [-0.2, -0.15) is 0 Å². The average molecular weight is 274 g/mol. The minimum atomic E-state index is -0.985. The third kappa shape index (κ3) is 3.72. The molecule has 0 radical (unpaired) electrons. The van der Waals surface area contributed by atoms with Gasteiger partial charge in [0.2, 0.25) is 0 Å². The molecule has 0 heterocycles. The Morgan fingerprint density at radius 1 is 1.35 bits per heavy atom. The summed E-state index contributed by atoms with van der Waals surface area (Å²) < 4.78 is 0. The molecule has 1 aromatic carbocycles. The number of amides is 1. The fourth-order valence-corrected chi connectivity index (χ4v) is 1.75. The van der Waals surface area contributed by atoms with E-state index in [0.29, 0.717) is 10.6 Å². The monoisotopic (exact) mass is 273 g/mol. The fraction of sp³-hybridized carbons (Fsp3) is 0.333. The zero-order valence-corrected chi connectivity index (χ0v) is 11.1. The summed E-state index contributed by atoms with van der Waals surface area (Å²) in [4.78, 5) is 23.4. The van der Waals surface area contributed by atoms with Crippen LogP contribution in [0.2, 0.25) is 5.02 Å². The van der Waals surface area contributed by atoms with Gasteiger partial charge in [-0.05, 0) is 32.0 Å². The van der Waals surface area contributed by atoms with Gasteiger partial charge >= 0.3 is 0 Å². The number of benzene rings is 1. The number of halogens is 2. The van der Waals surface area contributed by atoms with E-state index in [0.717, 1.165) is 0 Å². The van der Waals surface area contributed by atoms with E-state index in [1.54, 1.807) is 32.0 Å². The van der Waals surface area contributed by atoms with Gasteiger partial charge in [0.25, 0.3) is 5.91 Å². The highest BCUT2D eigenvalue weighted by Crippen LogP contribution is 2.12. The van der Waals surface area contributed by atoms with Gasteiger partial charge in [-0.1, -0.05) is 17.7 Å². The number of alkyl halides is 1.